The normalized spacial score (nSPS) is 37.2. The predicted octanol–water partition coefficient (Wildman–Crippen LogP) is 6.16. The Bertz CT molecular complexity index is 1470. The number of carbonyl (C=O) groups excluding carboxylic acids is 2. The second-order valence-electron chi connectivity index (χ2n) is 15.5. The first-order chi connectivity index (χ1) is 22.1. The highest BCUT2D eigenvalue weighted by Gasteiger charge is 2.67. The van der Waals surface area contributed by atoms with Crippen LogP contribution in [0.1, 0.15) is 95.1 Å². The van der Waals surface area contributed by atoms with Crippen molar-refractivity contribution in [2.45, 2.75) is 102 Å². The molecule has 1 aromatic carbocycles. The molecule has 2 heterocycles. The number of rotatable bonds is 5. The van der Waals surface area contributed by atoms with Crippen LogP contribution >= 0.6 is 0 Å². The molecular weight excluding hydrogens is 580 g/mol. The number of nitrogens with zero attached hydrogens (tertiary/aromatic N) is 2. The van der Waals surface area contributed by atoms with Gasteiger partial charge in [0, 0.05) is 44.1 Å². The molecule has 0 bridgehead atoms. The quantitative estimate of drug-likeness (QED) is 0.425. The van der Waals surface area contributed by atoms with Gasteiger partial charge in [-0.15, -0.1) is 0 Å². The molecule has 2 aromatic rings. The maximum atomic E-state index is 13.2. The summed E-state index contributed by atoms with van der Waals surface area (Å²) in [5, 5.41) is 12.5. The van der Waals surface area contributed by atoms with Crippen LogP contribution < -0.4 is 5.63 Å². The van der Waals surface area contributed by atoms with E-state index in [0.29, 0.717) is 44.4 Å². The van der Waals surface area contributed by atoms with Gasteiger partial charge in [0.05, 0.1) is 11.9 Å². The van der Waals surface area contributed by atoms with Crippen molar-refractivity contribution >= 4 is 12.0 Å². The largest absolute Gasteiger partial charge is 0.446 e. The lowest BCUT2D eigenvalue weighted by atomic mass is 9.43. The number of aliphatic hydroxyl groups is 1. The average molecular weight is 631 g/mol. The number of aryl methyl sites for hydroxylation is 1. The Kier molecular flexibility index (Phi) is 8.31. The molecule has 4 saturated carbocycles. The fraction of sp³-hybridized carbons (Fsp3) is 0.658. The third-order valence-electron chi connectivity index (χ3n) is 13.6. The van der Waals surface area contributed by atoms with Crippen LogP contribution in [0.5, 0.6) is 0 Å². The van der Waals surface area contributed by atoms with Crippen LogP contribution in [-0.2, 0) is 16.0 Å². The van der Waals surface area contributed by atoms with Crippen molar-refractivity contribution in [2.75, 3.05) is 26.2 Å². The van der Waals surface area contributed by atoms with Crippen LogP contribution in [0, 0.1) is 28.6 Å². The Hall–Kier alpha value is -3.13. The van der Waals surface area contributed by atoms with Crippen LogP contribution in [0.4, 0.5) is 4.79 Å². The zero-order chi connectivity index (χ0) is 32.1. The third-order valence-corrected chi connectivity index (χ3v) is 13.6. The van der Waals surface area contributed by atoms with Gasteiger partial charge in [-0.1, -0.05) is 44.2 Å². The fourth-order valence-electron chi connectivity index (χ4n) is 10.8. The summed E-state index contributed by atoms with van der Waals surface area (Å²) in [5.41, 5.74) is 1.05. The van der Waals surface area contributed by atoms with Gasteiger partial charge >= 0.3 is 11.7 Å². The number of hydrogen-bond acceptors (Lipinski definition) is 6. The highest BCUT2D eigenvalue weighted by atomic mass is 16.6. The van der Waals surface area contributed by atoms with E-state index in [1.165, 1.54) is 11.6 Å². The number of ether oxygens (including phenoxy) is 1. The Labute approximate surface area is 272 Å². The molecule has 2 amide bonds. The Morgan fingerprint density at radius 1 is 0.891 bits per heavy atom. The molecule has 0 spiro atoms. The van der Waals surface area contributed by atoms with E-state index in [4.69, 9.17) is 9.15 Å². The van der Waals surface area contributed by atoms with Crippen molar-refractivity contribution in [2.24, 2.45) is 28.6 Å². The molecule has 8 nitrogen and oxygen atoms in total. The van der Waals surface area contributed by atoms with E-state index in [2.05, 4.69) is 26.0 Å². The molecule has 4 aliphatic carbocycles. The molecule has 0 unspecified atom stereocenters. The van der Waals surface area contributed by atoms with Crippen LogP contribution in [0.3, 0.4) is 0 Å². The molecule has 5 aliphatic rings. The van der Waals surface area contributed by atoms with Crippen molar-refractivity contribution in [3.63, 3.8) is 0 Å². The first-order valence-corrected chi connectivity index (χ1v) is 17.7. The molecular formula is C38H50N2O6. The zero-order valence-electron chi connectivity index (χ0n) is 27.5. The van der Waals surface area contributed by atoms with Gasteiger partial charge in [0.1, 0.15) is 6.10 Å². The van der Waals surface area contributed by atoms with E-state index >= 15 is 0 Å². The summed E-state index contributed by atoms with van der Waals surface area (Å²) in [4.78, 5) is 41.3. The van der Waals surface area contributed by atoms with Crippen molar-refractivity contribution in [3.8, 4) is 0 Å². The lowest BCUT2D eigenvalue weighted by Gasteiger charge is -2.63. The van der Waals surface area contributed by atoms with Gasteiger partial charge in [-0.05, 0) is 110 Å². The standard InChI is InChI=1S/C38H50N2O6/c1-36-17-14-29(46-35(43)40-22-20-39(21-23-40)33(41)12-8-26-6-4-3-5-7-26)24-28(36)10-11-32-31(36)15-18-37(2)30(16-19-38(32,37)44)27-9-13-34(42)45-25-27/h3-7,9,13,25,28-32,44H,8,10-12,14-24H2,1-2H3/t28-,29+,30-,31+,32-,36+,37-,38+/m1/s1. The summed E-state index contributed by atoms with van der Waals surface area (Å²) in [6.45, 7) is 6.86. The smallest absolute Gasteiger partial charge is 0.410 e. The van der Waals surface area contributed by atoms with Crippen molar-refractivity contribution < 1.29 is 23.8 Å². The van der Waals surface area contributed by atoms with Crippen LogP contribution in [-0.4, -0.2) is 64.8 Å². The Balaban J connectivity index is 0.928. The van der Waals surface area contributed by atoms with E-state index < -0.39 is 5.60 Å². The van der Waals surface area contributed by atoms with Gasteiger partial charge in [-0.3, -0.25) is 4.79 Å². The summed E-state index contributed by atoms with van der Waals surface area (Å²) in [6, 6.07) is 13.5. The topological polar surface area (TPSA) is 100 Å². The second-order valence-corrected chi connectivity index (χ2v) is 15.5. The van der Waals surface area contributed by atoms with Crippen molar-refractivity contribution in [1.82, 2.24) is 9.80 Å². The Morgan fingerprint density at radius 3 is 2.39 bits per heavy atom. The lowest BCUT2D eigenvalue weighted by molar-refractivity contribution is -0.205. The summed E-state index contributed by atoms with van der Waals surface area (Å²) in [7, 11) is 0. The molecule has 1 N–H and O–H groups in total. The molecule has 0 radical (unpaired) electrons. The second kappa shape index (κ2) is 12.1. The average Bonchev–Trinajstić information content (AvgIpc) is 3.35. The summed E-state index contributed by atoms with van der Waals surface area (Å²) >= 11 is 0. The monoisotopic (exact) mass is 630 g/mol. The molecule has 5 fully saturated rings. The maximum absolute atomic E-state index is 13.2. The Morgan fingerprint density at radius 2 is 1.65 bits per heavy atom. The minimum absolute atomic E-state index is 0.0757. The number of carbonyl (C=O) groups is 2. The van der Waals surface area contributed by atoms with E-state index in [1.807, 2.05) is 29.2 Å². The van der Waals surface area contributed by atoms with Gasteiger partial charge in [0.2, 0.25) is 5.91 Å². The number of fused-ring (bicyclic) bond motifs is 5. The van der Waals surface area contributed by atoms with Gasteiger partial charge in [-0.25, -0.2) is 9.59 Å². The summed E-state index contributed by atoms with van der Waals surface area (Å²) < 4.78 is 11.4. The van der Waals surface area contributed by atoms with Crippen LogP contribution in [0.25, 0.3) is 0 Å². The highest BCUT2D eigenvalue weighted by Crippen LogP contribution is 2.70. The van der Waals surface area contributed by atoms with Gasteiger partial charge in [0.25, 0.3) is 0 Å². The summed E-state index contributed by atoms with van der Waals surface area (Å²) in [5.74, 6) is 1.54. The molecule has 7 rings (SSSR count). The zero-order valence-corrected chi connectivity index (χ0v) is 27.5. The maximum Gasteiger partial charge on any atom is 0.410 e. The minimum Gasteiger partial charge on any atom is -0.446 e. The lowest BCUT2D eigenvalue weighted by Crippen LogP contribution is -2.62. The van der Waals surface area contributed by atoms with Gasteiger partial charge < -0.3 is 24.1 Å². The molecule has 46 heavy (non-hydrogen) atoms. The minimum atomic E-state index is -0.723. The molecule has 8 heteroatoms. The van der Waals surface area contributed by atoms with Crippen LogP contribution in [0.15, 0.2) is 57.9 Å². The van der Waals surface area contributed by atoms with Gasteiger partial charge in [0.15, 0.2) is 0 Å². The van der Waals surface area contributed by atoms with E-state index in [1.54, 1.807) is 11.2 Å². The number of benzene rings is 1. The molecule has 1 saturated heterocycles. The van der Waals surface area contributed by atoms with Gasteiger partial charge in [-0.2, -0.15) is 0 Å². The summed E-state index contributed by atoms with van der Waals surface area (Å²) in [6.07, 6.45) is 11.1. The number of amides is 2. The molecule has 1 aromatic heterocycles. The van der Waals surface area contributed by atoms with E-state index in [0.717, 1.165) is 69.8 Å². The van der Waals surface area contributed by atoms with Crippen molar-refractivity contribution in [1.29, 1.82) is 0 Å². The predicted molar refractivity (Wildman–Crippen MR) is 174 cm³/mol. The van der Waals surface area contributed by atoms with E-state index in [9.17, 15) is 19.5 Å². The number of hydrogen-bond donors (Lipinski definition) is 1. The SMILES string of the molecule is C[C@]12CC[C@H](OC(=O)N3CCN(C(=O)CCc4ccccc4)CC3)C[C@H]1CC[C@@H]1[C@@H]2CC[C@]2(C)[C@@H](c3ccc(=O)oc3)CC[C@]12O. The molecule has 1 aliphatic heterocycles. The van der Waals surface area contributed by atoms with Crippen molar-refractivity contribution in [3.05, 3.63) is 70.3 Å². The molecule has 8 atom stereocenters. The highest BCUT2D eigenvalue weighted by molar-refractivity contribution is 5.77. The van der Waals surface area contributed by atoms with Crippen LogP contribution in [0.2, 0.25) is 0 Å². The third kappa shape index (κ3) is 5.38. The first-order valence-electron chi connectivity index (χ1n) is 17.7. The first kappa shape index (κ1) is 31.5. The number of piperazine rings is 1. The molecule has 248 valence electrons. The fourth-order valence-corrected chi connectivity index (χ4v) is 10.8. The van der Waals surface area contributed by atoms with E-state index in [-0.39, 0.29) is 46.4 Å².